The molecule has 1 aromatic carbocycles. The van der Waals surface area contributed by atoms with Crippen molar-refractivity contribution in [1.82, 2.24) is 5.32 Å². The van der Waals surface area contributed by atoms with Crippen molar-refractivity contribution in [3.8, 4) is 11.5 Å². The van der Waals surface area contributed by atoms with E-state index >= 15 is 0 Å². The third kappa shape index (κ3) is 3.07. The molecule has 0 saturated heterocycles. The van der Waals surface area contributed by atoms with E-state index in [1.807, 2.05) is 0 Å². The highest BCUT2D eigenvalue weighted by Crippen LogP contribution is 2.58. The van der Waals surface area contributed by atoms with Gasteiger partial charge in [-0.3, -0.25) is 0 Å². The molecule has 2 unspecified atom stereocenters. The van der Waals surface area contributed by atoms with Crippen LogP contribution in [0, 0.1) is 11.3 Å². The van der Waals surface area contributed by atoms with Crippen molar-refractivity contribution >= 4 is 15.9 Å². The molecule has 0 aromatic heterocycles. The van der Waals surface area contributed by atoms with Crippen LogP contribution in [0.1, 0.15) is 45.2 Å². The first-order valence-corrected chi connectivity index (χ1v) is 8.64. The number of benzene rings is 1. The molecule has 1 aromatic rings. The second-order valence-corrected chi connectivity index (χ2v) is 7.60. The van der Waals surface area contributed by atoms with E-state index in [4.69, 9.17) is 9.47 Å². The molecule has 3 nitrogen and oxygen atoms in total. The van der Waals surface area contributed by atoms with Crippen LogP contribution in [-0.2, 0) is 0 Å². The number of rotatable bonds is 5. The fourth-order valence-electron chi connectivity index (χ4n) is 3.16. The van der Waals surface area contributed by atoms with E-state index in [1.54, 1.807) is 0 Å². The molecule has 1 N–H and O–H groups in total. The Balaban J connectivity index is 1.91. The molecule has 0 amide bonds. The van der Waals surface area contributed by atoms with Crippen LogP contribution in [0.15, 0.2) is 16.6 Å². The van der Waals surface area contributed by atoms with E-state index in [2.05, 4.69) is 54.2 Å². The van der Waals surface area contributed by atoms with Gasteiger partial charge in [-0.15, -0.1) is 0 Å². The fraction of sp³-hybridized carbons (Fsp3) is 0.647. The van der Waals surface area contributed by atoms with Gasteiger partial charge in [0.2, 0.25) is 0 Å². The van der Waals surface area contributed by atoms with Gasteiger partial charge < -0.3 is 14.8 Å². The average Bonchev–Trinajstić information content (AvgIpc) is 3.08. The number of ether oxygens (including phenoxy) is 2. The second-order valence-electron chi connectivity index (χ2n) is 6.75. The van der Waals surface area contributed by atoms with E-state index in [0.29, 0.717) is 30.6 Å². The Labute approximate surface area is 135 Å². The van der Waals surface area contributed by atoms with Gasteiger partial charge in [0.05, 0.1) is 0 Å². The lowest BCUT2D eigenvalue weighted by molar-refractivity contribution is 0.171. The van der Waals surface area contributed by atoms with Crippen LogP contribution in [0.2, 0.25) is 0 Å². The lowest BCUT2D eigenvalue weighted by Crippen LogP contribution is -2.26. The molecule has 4 heteroatoms. The zero-order valence-electron chi connectivity index (χ0n) is 13.0. The van der Waals surface area contributed by atoms with Crippen molar-refractivity contribution in [3.05, 3.63) is 22.2 Å². The molecule has 1 aliphatic heterocycles. The van der Waals surface area contributed by atoms with E-state index in [9.17, 15) is 0 Å². The molecule has 1 aliphatic carbocycles. The summed E-state index contributed by atoms with van der Waals surface area (Å²) in [4.78, 5) is 0. The maximum atomic E-state index is 5.75. The van der Waals surface area contributed by atoms with Crippen molar-refractivity contribution in [1.29, 1.82) is 0 Å². The van der Waals surface area contributed by atoms with Gasteiger partial charge in [0, 0.05) is 10.5 Å². The van der Waals surface area contributed by atoms with Gasteiger partial charge in [-0.1, -0.05) is 36.7 Å². The Kier molecular flexibility index (Phi) is 4.19. The molecular formula is C17H24BrNO2. The first-order chi connectivity index (χ1) is 10.0. The third-order valence-electron chi connectivity index (χ3n) is 4.60. The lowest BCUT2D eigenvalue weighted by atomic mass is 9.96. The molecule has 21 heavy (non-hydrogen) atoms. The van der Waals surface area contributed by atoms with Gasteiger partial charge in [-0.25, -0.2) is 0 Å². The Morgan fingerprint density at radius 2 is 1.90 bits per heavy atom. The van der Waals surface area contributed by atoms with Crippen LogP contribution in [0.25, 0.3) is 0 Å². The minimum absolute atomic E-state index is 0.380. The number of halogens is 1. The summed E-state index contributed by atoms with van der Waals surface area (Å²) in [5, 5.41) is 3.72. The standard InChI is InChI=1S/C17H24BrNO2/c1-4-5-19-16(12-10-17(12,2)3)11-8-14-15(9-13(11)18)21-7-6-20-14/h8-9,12,16,19H,4-7,10H2,1-3H3. The summed E-state index contributed by atoms with van der Waals surface area (Å²) in [5.74, 6) is 2.41. The zero-order chi connectivity index (χ0) is 15.0. The molecule has 1 heterocycles. The highest BCUT2D eigenvalue weighted by molar-refractivity contribution is 9.10. The first kappa shape index (κ1) is 15.2. The molecule has 1 saturated carbocycles. The van der Waals surface area contributed by atoms with Crippen LogP contribution in [0.5, 0.6) is 11.5 Å². The number of fused-ring (bicyclic) bond motifs is 1. The average molecular weight is 354 g/mol. The number of hydrogen-bond acceptors (Lipinski definition) is 3. The summed E-state index contributed by atoms with van der Waals surface area (Å²) >= 11 is 3.73. The molecule has 0 radical (unpaired) electrons. The van der Waals surface area contributed by atoms with Crippen LogP contribution in [-0.4, -0.2) is 19.8 Å². The van der Waals surface area contributed by atoms with E-state index in [1.165, 1.54) is 12.0 Å². The molecular weight excluding hydrogens is 330 g/mol. The van der Waals surface area contributed by atoms with E-state index < -0.39 is 0 Å². The molecule has 3 rings (SSSR count). The summed E-state index contributed by atoms with van der Waals surface area (Å²) in [6.45, 7) is 9.22. The minimum atomic E-state index is 0.380. The molecule has 2 atom stereocenters. The Bertz CT molecular complexity index is 530. The smallest absolute Gasteiger partial charge is 0.162 e. The van der Waals surface area contributed by atoms with Crippen molar-refractivity contribution < 1.29 is 9.47 Å². The van der Waals surface area contributed by atoms with Crippen LogP contribution in [0.4, 0.5) is 0 Å². The highest BCUT2D eigenvalue weighted by atomic mass is 79.9. The van der Waals surface area contributed by atoms with Crippen LogP contribution < -0.4 is 14.8 Å². The zero-order valence-corrected chi connectivity index (χ0v) is 14.6. The Hall–Kier alpha value is -0.740. The number of nitrogens with one attached hydrogen (secondary N) is 1. The van der Waals surface area contributed by atoms with Crippen molar-refractivity contribution in [2.24, 2.45) is 11.3 Å². The quantitative estimate of drug-likeness (QED) is 0.855. The van der Waals surface area contributed by atoms with Crippen molar-refractivity contribution in [2.75, 3.05) is 19.8 Å². The highest BCUT2D eigenvalue weighted by Gasteiger charge is 2.50. The molecule has 0 spiro atoms. The second kappa shape index (κ2) is 5.81. The summed E-state index contributed by atoms with van der Waals surface area (Å²) in [6, 6.07) is 4.59. The monoisotopic (exact) mass is 353 g/mol. The molecule has 0 bridgehead atoms. The van der Waals surface area contributed by atoms with Crippen molar-refractivity contribution in [2.45, 2.75) is 39.7 Å². The van der Waals surface area contributed by atoms with Gasteiger partial charge >= 0.3 is 0 Å². The molecule has 2 aliphatic rings. The maximum Gasteiger partial charge on any atom is 0.162 e. The van der Waals surface area contributed by atoms with Crippen LogP contribution >= 0.6 is 15.9 Å². The van der Waals surface area contributed by atoms with Gasteiger partial charge in [0.15, 0.2) is 11.5 Å². The SMILES string of the molecule is CCCNC(c1cc2c(cc1Br)OCCO2)C1CC1(C)C. The van der Waals surface area contributed by atoms with Gasteiger partial charge in [0.25, 0.3) is 0 Å². The van der Waals surface area contributed by atoms with Gasteiger partial charge in [0.1, 0.15) is 13.2 Å². The largest absolute Gasteiger partial charge is 0.486 e. The molecule has 116 valence electrons. The first-order valence-electron chi connectivity index (χ1n) is 7.85. The lowest BCUT2D eigenvalue weighted by Gasteiger charge is -2.25. The Morgan fingerprint density at radius 1 is 1.29 bits per heavy atom. The van der Waals surface area contributed by atoms with E-state index in [-0.39, 0.29) is 0 Å². The maximum absolute atomic E-state index is 5.75. The predicted octanol–water partition coefficient (Wildman–Crippen LogP) is 4.31. The Morgan fingerprint density at radius 3 is 2.48 bits per heavy atom. The van der Waals surface area contributed by atoms with Gasteiger partial charge in [-0.2, -0.15) is 0 Å². The summed E-state index contributed by atoms with van der Waals surface area (Å²) in [7, 11) is 0. The summed E-state index contributed by atoms with van der Waals surface area (Å²) < 4.78 is 12.5. The predicted molar refractivity (Wildman–Crippen MR) is 88.1 cm³/mol. The summed E-state index contributed by atoms with van der Waals surface area (Å²) in [6.07, 6.45) is 2.42. The van der Waals surface area contributed by atoms with Gasteiger partial charge in [-0.05, 0) is 48.4 Å². The van der Waals surface area contributed by atoms with Crippen LogP contribution in [0.3, 0.4) is 0 Å². The third-order valence-corrected chi connectivity index (χ3v) is 5.29. The fourth-order valence-corrected chi connectivity index (χ4v) is 3.73. The van der Waals surface area contributed by atoms with Crippen molar-refractivity contribution in [3.63, 3.8) is 0 Å². The summed E-state index contributed by atoms with van der Waals surface area (Å²) in [5.41, 5.74) is 1.72. The normalized spacial score (nSPS) is 23.7. The van der Waals surface area contributed by atoms with E-state index in [0.717, 1.165) is 28.9 Å². The number of hydrogen-bond donors (Lipinski definition) is 1. The molecule has 1 fully saturated rings. The topological polar surface area (TPSA) is 30.5 Å². The minimum Gasteiger partial charge on any atom is -0.486 e.